The summed E-state index contributed by atoms with van der Waals surface area (Å²) in [7, 11) is 4.66. The second-order valence-corrected chi connectivity index (χ2v) is 6.63. The molecule has 0 radical (unpaired) electrons. The number of hydrogen-bond donors (Lipinski definition) is 0. The summed E-state index contributed by atoms with van der Waals surface area (Å²) in [5, 5.41) is 0. The van der Waals surface area contributed by atoms with E-state index in [1.807, 2.05) is 36.4 Å². The van der Waals surface area contributed by atoms with Gasteiger partial charge >= 0.3 is 0 Å². The number of para-hydroxylation sites is 1. The highest BCUT2D eigenvalue weighted by atomic mass is 16.5. The Morgan fingerprint density at radius 2 is 1.79 bits per heavy atom. The Morgan fingerprint density at radius 1 is 1.03 bits per heavy atom. The number of nitrogens with zero attached hydrogens (tertiary/aromatic N) is 1. The molecule has 1 amide bonds. The topological polar surface area (TPSA) is 66.5 Å². The summed E-state index contributed by atoms with van der Waals surface area (Å²) in [4.78, 5) is 14.7. The maximum atomic E-state index is 12.9. The van der Waals surface area contributed by atoms with E-state index in [-0.39, 0.29) is 18.4 Å². The van der Waals surface area contributed by atoms with Crippen LogP contribution in [0.1, 0.15) is 5.56 Å². The molecule has 1 heterocycles. The van der Waals surface area contributed by atoms with Gasteiger partial charge in [-0.1, -0.05) is 24.3 Å². The van der Waals surface area contributed by atoms with Crippen LogP contribution in [0.2, 0.25) is 0 Å². The van der Waals surface area contributed by atoms with E-state index in [1.54, 1.807) is 32.3 Å². The average Bonchev–Trinajstić information content (AvgIpc) is 2.78. The third-order valence-electron chi connectivity index (χ3n) is 4.80. The molecule has 1 saturated heterocycles. The Kier molecular flexibility index (Phi) is 7.19. The number of benzene rings is 2. The first kappa shape index (κ1) is 20.8. The van der Waals surface area contributed by atoms with Crippen LogP contribution in [-0.4, -0.2) is 64.5 Å². The minimum Gasteiger partial charge on any atom is -0.493 e. The fourth-order valence-corrected chi connectivity index (χ4v) is 3.33. The Balaban J connectivity index is 1.63. The van der Waals surface area contributed by atoms with Gasteiger partial charge in [0.25, 0.3) is 0 Å². The first-order valence-corrected chi connectivity index (χ1v) is 9.51. The maximum absolute atomic E-state index is 12.9. The van der Waals surface area contributed by atoms with Crippen molar-refractivity contribution in [3.05, 3.63) is 48.0 Å². The van der Waals surface area contributed by atoms with Gasteiger partial charge in [-0.25, -0.2) is 0 Å². The second kappa shape index (κ2) is 10.0. The zero-order chi connectivity index (χ0) is 20.6. The van der Waals surface area contributed by atoms with Crippen molar-refractivity contribution in [3.63, 3.8) is 0 Å². The Labute approximate surface area is 171 Å². The number of carbonyl (C=O) groups excluding carboxylic acids is 1. The van der Waals surface area contributed by atoms with Crippen LogP contribution in [0.15, 0.2) is 42.5 Å². The zero-order valence-electron chi connectivity index (χ0n) is 17.1. The van der Waals surface area contributed by atoms with E-state index in [0.29, 0.717) is 43.6 Å². The van der Waals surface area contributed by atoms with Gasteiger partial charge in [-0.15, -0.1) is 0 Å². The van der Waals surface area contributed by atoms with Crippen LogP contribution in [-0.2, 0) is 16.0 Å². The van der Waals surface area contributed by atoms with Gasteiger partial charge in [0, 0.05) is 12.1 Å². The third kappa shape index (κ3) is 5.12. The lowest BCUT2D eigenvalue weighted by Gasteiger charge is -2.33. The molecule has 2 aromatic rings. The van der Waals surface area contributed by atoms with Crippen LogP contribution in [0.5, 0.6) is 23.0 Å². The predicted molar refractivity (Wildman–Crippen MR) is 108 cm³/mol. The number of carbonyl (C=O) groups is 1. The summed E-state index contributed by atoms with van der Waals surface area (Å²) in [6.45, 7) is 1.92. The molecular weight excluding hydrogens is 374 g/mol. The van der Waals surface area contributed by atoms with Gasteiger partial charge in [-0.2, -0.15) is 0 Å². The summed E-state index contributed by atoms with van der Waals surface area (Å²) < 4.78 is 27.7. The maximum Gasteiger partial charge on any atom is 0.227 e. The molecule has 3 rings (SSSR count). The van der Waals surface area contributed by atoms with Crippen LogP contribution in [0.25, 0.3) is 0 Å². The van der Waals surface area contributed by atoms with Gasteiger partial charge in [-0.3, -0.25) is 4.79 Å². The molecule has 0 bridgehead atoms. The zero-order valence-corrected chi connectivity index (χ0v) is 17.1. The number of ether oxygens (including phenoxy) is 5. The molecule has 1 atom stereocenters. The van der Waals surface area contributed by atoms with Crippen LogP contribution in [0.3, 0.4) is 0 Å². The van der Waals surface area contributed by atoms with Crippen LogP contribution in [0, 0.1) is 0 Å². The van der Waals surface area contributed by atoms with E-state index < -0.39 is 0 Å². The Bertz CT molecular complexity index is 810. The van der Waals surface area contributed by atoms with Crippen LogP contribution >= 0.6 is 0 Å². The van der Waals surface area contributed by atoms with E-state index in [0.717, 1.165) is 11.3 Å². The van der Waals surface area contributed by atoms with Crippen molar-refractivity contribution in [3.8, 4) is 23.0 Å². The largest absolute Gasteiger partial charge is 0.493 e. The standard InChI is InChI=1S/C22H27NO6/c1-25-19-10-9-16(21(26-2)22(19)27-3)13-20(24)23-11-12-28-18(14-23)15-29-17-7-5-4-6-8-17/h4-10,18H,11-15H2,1-3H3/t18-/m1/s1. The molecule has 1 aliphatic heterocycles. The number of morpholine rings is 1. The first-order chi connectivity index (χ1) is 14.2. The van der Waals surface area contributed by atoms with E-state index in [4.69, 9.17) is 23.7 Å². The highest BCUT2D eigenvalue weighted by molar-refractivity contribution is 5.80. The van der Waals surface area contributed by atoms with Crippen molar-refractivity contribution in [2.24, 2.45) is 0 Å². The highest BCUT2D eigenvalue weighted by Crippen LogP contribution is 2.40. The number of methoxy groups -OCH3 is 3. The molecule has 7 nitrogen and oxygen atoms in total. The monoisotopic (exact) mass is 401 g/mol. The smallest absolute Gasteiger partial charge is 0.227 e. The molecule has 0 unspecified atom stereocenters. The normalized spacial score (nSPS) is 16.2. The SMILES string of the molecule is COc1ccc(CC(=O)N2CCO[C@@H](COc3ccccc3)C2)c(OC)c1OC. The minimum atomic E-state index is -0.166. The lowest BCUT2D eigenvalue weighted by atomic mass is 10.1. The lowest BCUT2D eigenvalue weighted by molar-refractivity contribution is -0.139. The van der Waals surface area contributed by atoms with E-state index in [1.165, 1.54) is 0 Å². The molecule has 0 N–H and O–H groups in total. The molecule has 0 saturated carbocycles. The molecule has 1 fully saturated rings. The summed E-state index contributed by atoms with van der Waals surface area (Å²) in [5.74, 6) is 2.34. The van der Waals surface area contributed by atoms with Crippen molar-refractivity contribution in [2.75, 3.05) is 47.6 Å². The lowest BCUT2D eigenvalue weighted by Crippen LogP contribution is -2.48. The fourth-order valence-electron chi connectivity index (χ4n) is 3.33. The molecule has 1 aliphatic rings. The van der Waals surface area contributed by atoms with Crippen molar-refractivity contribution < 1.29 is 28.5 Å². The third-order valence-corrected chi connectivity index (χ3v) is 4.80. The molecule has 0 spiro atoms. The fraction of sp³-hybridized carbons (Fsp3) is 0.409. The summed E-state index contributed by atoms with van der Waals surface area (Å²) in [6.07, 6.45) is 0.0377. The molecule has 2 aromatic carbocycles. The quantitative estimate of drug-likeness (QED) is 0.677. The van der Waals surface area contributed by atoms with Crippen molar-refractivity contribution >= 4 is 5.91 Å². The highest BCUT2D eigenvalue weighted by Gasteiger charge is 2.26. The Morgan fingerprint density at radius 3 is 2.48 bits per heavy atom. The second-order valence-electron chi connectivity index (χ2n) is 6.63. The molecule has 0 aliphatic carbocycles. The number of hydrogen-bond acceptors (Lipinski definition) is 6. The van der Waals surface area contributed by atoms with Crippen molar-refractivity contribution in [1.29, 1.82) is 0 Å². The summed E-state index contributed by atoms with van der Waals surface area (Å²) in [6, 6.07) is 13.2. The van der Waals surface area contributed by atoms with Gasteiger partial charge < -0.3 is 28.6 Å². The van der Waals surface area contributed by atoms with Crippen molar-refractivity contribution in [1.82, 2.24) is 4.90 Å². The summed E-state index contributed by atoms with van der Waals surface area (Å²) in [5.41, 5.74) is 0.749. The number of amides is 1. The van der Waals surface area contributed by atoms with E-state index in [9.17, 15) is 4.79 Å². The van der Waals surface area contributed by atoms with Crippen LogP contribution < -0.4 is 18.9 Å². The van der Waals surface area contributed by atoms with Crippen molar-refractivity contribution in [2.45, 2.75) is 12.5 Å². The van der Waals surface area contributed by atoms with Gasteiger partial charge in [0.05, 0.1) is 40.9 Å². The van der Waals surface area contributed by atoms with E-state index in [2.05, 4.69) is 0 Å². The van der Waals surface area contributed by atoms with Gasteiger partial charge in [0.15, 0.2) is 11.5 Å². The van der Waals surface area contributed by atoms with Gasteiger partial charge in [-0.05, 0) is 18.2 Å². The molecule has 0 aromatic heterocycles. The predicted octanol–water partition coefficient (Wildman–Crippen LogP) is 2.56. The average molecular weight is 401 g/mol. The number of rotatable bonds is 8. The summed E-state index contributed by atoms with van der Waals surface area (Å²) >= 11 is 0. The molecular formula is C22H27NO6. The first-order valence-electron chi connectivity index (χ1n) is 9.51. The molecule has 7 heteroatoms. The van der Waals surface area contributed by atoms with Crippen LogP contribution in [0.4, 0.5) is 0 Å². The van der Waals surface area contributed by atoms with E-state index >= 15 is 0 Å². The molecule has 156 valence electrons. The molecule has 29 heavy (non-hydrogen) atoms. The van der Waals surface area contributed by atoms with Gasteiger partial charge in [0.2, 0.25) is 11.7 Å². The Hall–Kier alpha value is -2.93. The van der Waals surface area contributed by atoms with Gasteiger partial charge in [0.1, 0.15) is 18.5 Å². The minimum absolute atomic E-state index is 0.00327.